The van der Waals surface area contributed by atoms with Crippen molar-refractivity contribution in [3.8, 4) is 0 Å². The van der Waals surface area contributed by atoms with E-state index in [2.05, 4.69) is 15.9 Å². The van der Waals surface area contributed by atoms with E-state index in [0.717, 1.165) is 5.56 Å². The van der Waals surface area contributed by atoms with E-state index in [-0.39, 0.29) is 16.5 Å². The van der Waals surface area contributed by atoms with Crippen LogP contribution in [0.1, 0.15) is 22.8 Å². The second-order valence-corrected chi connectivity index (χ2v) is 6.67. The molecule has 126 valence electrons. The van der Waals surface area contributed by atoms with E-state index >= 15 is 0 Å². The Balaban J connectivity index is 2.00. The van der Waals surface area contributed by atoms with Gasteiger partial charge in [0, 0.05) is 18.1 Å². The average molecular weight is 411 g/mol. The Morgan fingerprint density at radius 1 is 1.21 bits per heavy atom. The molecule has 0 fully saturated rings. The van der Waals surface area contributed by atoms with E-state index < -0.39 is 12.1 Å². The molecule has 0 aliphatic rings. The van der Waals surface area contributed by atoms with Gasteiger partial charge in [0.05, 0.1) is 10.6 Å². The van der Waals surface area contributed by atoms with Gasteiger partial charge in [-0.3, -0.25) is 4.79 Å². The topological polar surface area (TPSA) is 46.6 Å². The van der Waals surface area contributed by atoms with Crippen molar-refractivity contribution >= 4 is 39.4 Å². The summed E-state index contributed by atoms with van der Waals surface area (Å²) in [6.07, 6.45) is -0.902. The molecule has 0 aromatic heterocycles. The Morgan fingerprint density at radius 2 is 1.88 bits per heavy atom. The summed E-state index contributed by atoms with van der Waals surface area (Å²) in [5.74, 6) is -0.909. The largest absolute Gasteiger partial charge is 0.449 e. The van der Waals surface area contributed by atoms with Crippen molar-refractivity contribution in [2.45, 2.75) is 19.6 Å². The molecule has 0 saturated heterocycles. The fourth-order valence-electron chi connectivity index (χ4n) is 2.17. The summed E-state index contributed by atoms with van der Waals surface area (Å²) < 4.78 is 5.96. The van der Waals surface area contributed by atoms with Crippen LogP contribution in [0.25, 0.3) is 0 Å². The first kappa shape index (κ1) is 18.5. The van der Waals surface area contributed by atoms with Crippen LogP contribution in [0, 0.1) is 0 Å². The lowest BCUT2D eigenvalue weighted by Gasteiger charge is -2.21. The molecule has 0 aliphatic carbocycles. The molecule has 0 unspecified atom stereocenters. The highest BCUT2D eigenvalue weighted by Gasteiger charge is 2.23. The lowest BCUT2D eigenvalue weighted by molar-refractivity contribution is -0.139. The van der Waals surface area contributed by atoms with Gasteiger partial charge in [0.25, 0.3) is 5.91 Å². The summed E-state index contributed by atoms with van der Waals surface area (Å²) in [4.78, 5) is 26.1. The highest BCUT2D eigenvalue weighted by molar-refractivity contribution is 9.10. The molecule has 1 amide bonds. The molecule has 0 saturated carbocycles. The van der Waals surface area contributed by atoms with Crippen LogP contribution in [0.2, 0.25) is 5.02 Å². The predicted octanol–water partition coefficient (Wildman–Crippen LogP) is 4.31. The van der Waals surface area contributed by atoms with Crippen LogP contribution in [0.15, 0.2) is 53.0 Å². The van der Waals surface area contributed by atoms with Crippen LogP contribution in [0.4, 0.5) is 0 Å². The second-order valence-electron chi connectivity index (χ2n) is 5.35. The number of hydrogen-bond acceptors (Lipinski definition) is 3. The molecule has 0 N–H and O–H groups in total. The summed E-state index contributed by atoms with van der Waals surface area (Å²) >= 11 is 9.29. The van der Waals surface area contributed by atoms with Crippen molar-refractivity contribution < 1.29 is 14.3 Å². The van der Waals surface area contributed by atoms with Gasteiger partial charge in [-0.25, -0.2) is 4.79 Å². The third-order valence-corrected chi connectivity index (χ3v) is 4.24. The van der Waals surface area contributed by atoms with E-state index in [4.69, 9.17) is 16.3 Å². The molecule has 4 nitrogen and oxygen atoms in total. The van der Waals surface area contributed by atoms with Crippen LogP contribution < -0.4 is 0 Å². The molecular weight excluding hydrogens is 394 g/mol. The number of carbonyl (C=O) groups is 2. The number of amides is 1. The van der Waals surface area contributed by atoms with E-state index in [1.54, 1.807) is 32.2 Å². The monoisotopic (exact) mass is 409 g/mol. The zero-order valence-electron chi connectivity index (χ0n) is 13.3. The van der Waals surface area contributed by atoms with Gasteiger partial charge in [-0.15, -0.1) is 0 Å². The molecule has 2 rings (SSSR count). The van der Waals surface area contributed by atoms with Gasteiger partial charge in [0.2, 0.25) is 0 Å². The average Bonchev–Trinajstić information content (AvgIpc) is 2.57. The molecule has 24 heavy (non-hydrogen) atoms. The van der Waals surface area contributed by atoms with Crippen molar-refractivity contribution in [3.05, 3.63) is 69.2 Å². The van der Waals surface area contributed by atoms with Crippen LogP contribution in [-0.4, -0.2) is 29.9 Å². The van der Waals surface area contributed by atoms with Crippen LogP contribution >= 0.6 is 27.5 Å². The number of hydrogen-bond donors (Lipinski definition) is 0. The SMILES string of the molecule is C[C@H](OC(=O)c1cc(Br)ccc1Cl)C(=O)N(C)Cc1ccccc1. The van der Waals surface area contributed by atoms with Crippen LogP contribution in [-0.2, 0) is 16.1 Å². The van der Waals surface area contributed by atoms with Gasteiger partial charge < -0.3 is 9.64 Å². The predicted molar refractivity (Wildman–Crippen MR) is 96.9 cm³/mol. The third-order valence-electron chi connectivity index (χ3n) is 3.42. The maximum Gasteiger partial charge on any atom is 0.340 e. The number of rotatable bonds is 5. The molecule has 6 heteroatoms. The fraction of sp³-hybridized carbons (Fsp3) is 0.222. The Morgan fingerprint density at radius 3 is 2.54 bits per heavy atom. The van der Waals surface area contributed by atoms with E-state index in [1.165, 1.54) is 4.90 Å². The minimum absolute atomic E-state index is 0.219. The summed E-state index contributed by atoms with van der Waals surface area (Å²) in [7, 11) is 1.67. The molecule has 0 bridgehead atoms. The van der Waals surface area contributed by atoms with Gasteiger partial charge in [0.1, 0.15) is 0 Å². The lowest BCUT2D eigenvalue weighted by Crippen LogP contribution is -2.37. The van der Waals surface area contributed by atoms with E-state index in [1.807, 2.05) is 30.3 Å². The Labute approximate surface area is 154 Å². The fourth-order valence-corrected chi connectivity index (χ4v) is 2.73. The molecular formula is C18H17BrClNO3. The number of carbonyl (C=O) groups excluding carboxylic acids is 2. The quantitative estimate of drug-likeness (QED) is 0.690. The van der Waals surface area contributed by atoms with E-state index in [9.17, 15) is 9.59 Å². The van der Waals surface area contributed by atoms with Crippen molar-refractivity contribution in [1.29, 1.82) is 0 Å². The molecule has 0 spiro atoms. The Hall–Kier alpha value is -1.85. The van der Waals surface area contributed by atoms with Crippen LogP contribution in [0.3, 0.4) is 0 Å². The minimum atomic E-state index is -0.902. The minimum Gasteiger partial charge on any atom is -0.449 e. The molecule has 0 radical (unpaired) electrons. The lowest BCUT2D eigenvalue weighted by atomic mass is 10.2. The second kappa shape index (κ2) is 8.31. The highest BCUT2D eigenvalue weighted by atomic mass is 79.9. The normalized spacial score (nSPS) is 11.7. The van der Waals surface area contributed by atoms with Crippen LogP contribution in [0.5, 0.6) is 0 Å². The van der Waals surface area contributed by atoms with Gasteiger partial charge in [0.15, 0.2) is 6.10 Å². The Kier molecular flexibility index (Phi) is 6.40. The smallest absolute Gasteiger partial charge is 0.340 e. The summed E-state index contributed by atoms with van der Waals surface area (Å²) in [5, 5.41) is 0.278. The molecule has 1 atom stereocenters. The van der Waals surface area contributed by atoms with Crippen molar-refractivity contribution in [2.24, 2.45) is 0 Å². The summed E-state index contributed by atoms with van der Waals surface area (Å²) in [5.41, 5.74) is 1.22. The first-order valence-electron chi connectivity index (χ1n) is 7.33. The number of benzene rings is 2. The first-order valence-corrected chi connectivity index (χ1v) is 8.50. The van der Waals surface area contributed by atoms with Gasteiger partial charge in [-0.1, -0.05) is 57.9 Å². The van der Waals surface area contributed by atoms with Gasteiger partial charge in [-0.05, 0) is 30.7 Å². The van der Waals surface area contributed by atoms with Crippen molar-refractivity contribution in [1.82, 2.24) is 4.90 Å². The zero-order valence-corrected chi connectivity index (χ0v) is 15.7. The number of nitrogens with zero attached hydrogens (tertiary/aromatic N) is 1. The zero-order chi connectivity index (χ0) is 17.7. The molecule has 0 heterocycles. The molecule has 2 aromatic rings. The third kappa shape index (κ3) is 4.82. The number of halogens is 2. The molecule has 0 aliphatic heterocycles. The maximum absolute atomic E-state index is 12.4. The highest BCUT2D eigenvalue weighted by Crippen LogP contribution is 2.22. The molecule has 2 aromatic carbocycles. The summed E-state index contributed by atoms with van der Waals surface area (Å²) in [6, 6.07) is 14.5. The number of ether oxygens (including phenoxy) is 1. The van der Waals surface area contributed by atoms with E-state index in [0.29, 0.717) is 11.0 Å². The van der Waals surface area contributed by atoms with Crippen molar-refractivity contribution in [3.63, 3.8) is 0 Å². The first-order chi connectivity index (χ1) is 11.4. The maximum atomic E-state index is 12.4. The standard InChI is InChI=1S/C18H17BrClNO3/c1-12(17(22)21(2)11-13-6-4-3-5-7-13)24-18(23)15-10-14(19)8-9-16(15)20/h3-10,12H,11H2,1-2H3/t12-/m0/s1. The Bertz CT molecular complexity index is 736. The summed E-state index contributed by atoms with van der Waals surface area (Å²) in [6.45, 7) is 1.99. The number of likely N-dealkylation sites (N-methyl/N-ethyl adjacent to an activating group) is 1. The van der Waals surface area contributed by atoms with Gasteiger partial charge >= 0.3 is 5.97 Å². The van der Waals surface area contributed by atoms with Gasteiger partial charge in [-0.2, -0.15) is 0 Å². The number of esters is 1. The van der Waals surface area contributed by atoms with Crippen molar-refractivity contribution in [2.75, 3.05) is 7.05 Å².